The summed E-state index contributed by atoms with van der Waals surface area (Å²) in [6.45, 7) is 2.12. The summed E-state index contributed by atoms with van der Waals surface area (Å²) in [6.07, 6.45) is 2.69. The van der Waals surface area contributed by atoms with Gasteiger partial charge in [-0.2, -0.15) is 11.8 Å². The van der Waals surface area contributed by atoms with Crippen molar-refractivity contribution in [1.82, 2.24) is 5.32 Å². The SMILES string of the molecule is CCCCSCC(=O)NC(CCC(=O)O)c1ccccc1. The van der Waals surface area contributed by atoms with Crippen molar-refractivity contribution in [2.45, 2.75) is 38.6 Å². The van der Waals surface area contributed by atoms with Gasteiger partial charge in [0.1, 0.15) is 0 Å². The van der Waals surface area contributed by atoms with E-state index in [0.717, 1.165) is 24.2 Å². The number of hydrogen-bond donors (Lipinski definition) is 2. The van der Waals surface area contributed by atoms with E-state index in [0.29, 0.717) is 12.2 Å². The molecule has 116 valence electrons. The van der Waals surface area contributed by atoms with Crippen molar-refractivity contribution in [3.05, 3.63) is 35.9 Å². The molecular weight excluding hydrogens is 286 g/mol. The van der Waals surface area contributed by atoms with Gasteiger partial charge in [-0.05, 0) is 24.2 Å². The number of thioether (sulfide) groups is 1. The average Bonchev–Trinajstić information content (AvgIpc) is 2.48. The third-order valence-electron chi connectivity index (χ3n) is 3.06. The third kappa shape index (κ3) is 7.75. The van der Waals surface area contributed by atoms with Crippen LogP contribution >= 0.6 is 11.8 Å². The lowest BCUT2D eigenvalue weighted by molar-refractivity contribution is -0.137. The highest BCUT2D eigenvalue weighted by atomic mass is 32.2. The van der Waals surface area contributed by atoms with Crippen LogP contribution in [-0.2, 0) is 9.59 Å². The van der Waals surface area contributed by atoms with Gasteiger partial charge >= 0.3 is 5.97 Å². The first-order chi connectivity index (χ1) is 10.1. The van der Waals surface area contributed by atoms with E-state index < -0.39 is 5.97 Å². The van der Waals surface area contributed by atoms with Gasteiger partial charge in [0.05, 0.1) is 11.8 Å². The van der Waals surface area contributed by atoms with E-state index in [1.54, 1.807) is 11.8 Å². The van der Waals surface area contributed by atoms with E-state index in [1.165, 1.54) is 0 Å². The second kappa shape index (κ2) is 10.3. The highest BCUT2D eigenvalue weighted by molar-refractivity contribution is 7.99. The van der Waals surface area contributed by atoms with Crippen molar-refractivity contribution in [3.63, 3.8) is 0 Å². The van der Waals surface area contributed by atoms with Crippen molar-refractivity contribution >= 4 is 23.6 Å². The fourth-order valence-electron chi connectivity index (χ4n) is 1.92. The average molecular weight is 309 g/mol. The quantitative estimate of drug-likeness (QED) is 0.651. The molecule has 1 aromatic rings. The molecule has 0 bridgehead atoms. The lowest BCUT2D eigenvalue weighted by Crippen LogP contribution is -2.30. The molecule has 0 saturated heterocycles. The summed E-state index contributed by atoms with van der Waals surface area (Å²) in [4.78, 5) is 22.7. The van der Waals surface area contributed by atoms with Crippen LogP contribution in [-0.4, -0.2) is 28.5 Å². The van der Waals surface area contributed by atoms with Crippen molar-refractivity contribution in [3.8, 4) is 0 Å². The van der Waals surface area contributed by atoms with Gasteiger partial charge in [-0.15, -0.1) is 0 Å². The first kappa shape index (κ1) is 17.6. The van der Waals surface area contributed by atoms with E-state index in [2.05, 4.69) is 12.2 Å². The largest absolute Gasteiger partial charge is 0.481 e. The monoisotopic (exact) mass is 309 g/mol. The van der Waals surface area contributed by atoms with Crippen LogP contribution in [0.15, 0.2) is 30.3 Å². The maximum absolute atomic E-state index is 12.0. The van der Waals surface area contributed by atoms with Crippen LogP contribution < -0.4 is 5.32 Å². The zero-order valence-corrected chi connectivity index (χ0v) is 13.2. The van der Waals surface area contributed by atoms with E-state index in [9.17, 15) is 9.59 Å². The molecule has 0 aliphatic carbocycles. The van der Waals surface area contributed by atoms with E-state index >= 15 is 0 Å². The molecule has 0 spiro atoms. The van der Waals surface area contributed by atoms with Crippen molar-refractivity contribution in [1.29, 1.82) is 0 Å². The summed E-state index contributed by atoms with van der Waals surface area (Å²) in [6, 6.07) is 9.28. The van der Waals surface area contributed by atoms with Gasteiger partial charge in [-0.25, -0.2) is 0 Å². The third-order valence-corrected chi connectivity index (χ3v) is 4.10. The number of benzene rings is 1. The molecule has 21 heavy (non-hydrogen) atoms. The molecule has 2 N–H and O–H groups in total. The molecular formula is C16H23NO3S. The number of carbonyl (C=O) groups excluding carboxylic acids is 1. The van der Waals surface area contributed by atoms with Gasteiger partial charge in [-0.3, -0.25) is 9.59 Å². The molecule has 0 heterocycles. The summed E-state index contributed by atoms with van der Waals surface area (Å²) >= 11 is 1.62. The Balaban J connectivity index is 2.52. The number of carboxylic acid groups (broad SMARTS) is 1. The Hall–Kier alpha value is -1.49. The van der Waals surface area contributed by atoms with Crippen molar-refractivity contribution in [2.24, 2.45) is 0 Å². The molecule has 1 unspecified atom stereocenters. The Labute approximate surface area is 130 Å². The minimum absolute atomic E-state index is 0.0321. The molecule has 0 radical (unpaired) electrons. The number of nitrogens with one attached hydrogen (secondary N) is 1. The summed E-state index contributed by atoms with van der Waals surface area (Å²) in [5.74, 6) is 0.531. The van der Waals surface area contributed by atoms with Gasteiger partial charge in [-0.1, -0.05) is 43.7 Å². The number of rotatable bonds is 10. The van der Waals surface area contributed by atoms with Crippen molar-refractivity contribution in [2.75, 3.05) is 11.5 Å². The lowest BCUT2D eigenvalue weighted by atomic mass is 10.0. The number of unbranched alkanes of at least 4 members (excludes halogenated alkanes) is 1. The molecule has 1 rings (SSSR count). The minimum Gasteiger partial charge on any atom is -0.481 e. The zero-order valence-electron chi connectivity index (χ0n) is 12.4. The molecule has 5 heteroatoms. The van der Waals surface area contributed by atoms with Crippen molar-refractivity contribution < 1.29 is 14.7 Å². The first-order valence-corrected chi connectivity index (χ1v) is 8.42. The molecule has 0 saturated carbocycles. The van der Waals surface area contributed by atoms with Crippen LogP contribution in [0.2, 0.25) is 0 Å². The highest BCUT2D eigenvalue weighted by Crippen LogP contribution is 2.18. The van der Waals surface area contributed by atoms with Crippen LogP contribution in [0, 0.1) is 0 Å². The predicted octanol–water partition coefficient (Wildman–Crippen LogP) is 3.24. The summed E-state index contributed by atoms with van der Waals surface area (Å²) < 4.78 is 0. The second-order valence-corrected chi connectivity index (χ2v) is 5.97. The van der Waals surface area contributed by atoms with Crippen LogP contribution in [0.5, 0.6) is 0 Å². The van der Waals surface area contributed by atoms with Crippen LogP contribution in [0.25, 0.3) is 0 Å². The molecule has 1 aromatic carbocycles. The number of amides is 1. The molecule has 0 aliphatic heterocycles. The Morgan fingerprint density at radius 3 is 2.62 bits per heavy atom. The summed E-state index contributed by atoms with van der Waals surface area (Å²) in [7, 11) is 0. The Morgan fingerprint density at radius 2 is 2.00 bits per heavy atom. The number of hydrogen-bond acceptors (Lipinski definition) is 3. The van der Waals surface area contributed by atoms with E-state index in [4.69, 9.17) is 5.11 Å². The van der Waals surface area contributed by atoms with Gasteiger partial charge in [0.15, 0.2) is 0 Å². The van der Waals surface area contributed by atoms with Gasteiger partial charge < -0.3 is 10.4 Å². The van der Waals surface area contributed by atoms with Crippen LogP contribution in [0.3, 0.4) is 0 Å². The molecule has 0 aromatic heterocycles. The Morgan fingerprint density at radius 1 is 1.29 bits per heavy atom. The topological polar surface area (TPSA) is 66.4 Å². The van der Waals surface area contributed by atoms with E-state index in [1.807, 2.05) is 30.3 Å². The normalized spacial score (nSPS) is 11.9. The predicted molar refractivity (Wildman–Crippen MR) is 86.4 cm³/mol. The zero-order chi connectivity index (χ0) is 15.5. The van der Waals surface area contributed by atoms with Crippen LogP contribution in [0.4, 0.5) is 0 Å². The van der Waals surface area contributed by atoms with Crippen LogP contribution in [0.1, 0.15) is 44.2 Å². The summed E-state index contributed by atoms with van der Waals surface area (Å²) in [5, 5.41) is 11.8. The van der Waals surface area contributed by atoms with Gasteiger partial charge in [0.2, 0.25) is 5.91 Å². The second-order valence-electron chi connectivity index (χ2n) is 4.87. The molecule has 1 amide bonds. The van der Waals surface area contributed by atoms with Gasteiger partial charge in [0.25, 0.3) is 0 Å². The first-order valence-electron chi connectivity index (χ1n) is 7.27. The molecule has 0 aliphatic rings. The minimum atomic E-state index is -0.845. The number of carboxylic acids is 1. The molecule has 4 nitrogen and oxygen atoms in total. The number of carbonyl (C=O) groups is 2. The summed E-state index contributed by atoms with van der Waals surface area (Å²) in [5.41, 5.74) is 0.950. The highest BCUT2D eigenvalue weighted by Gasteiger charge is 2.15. The standard InChI is InChI=1S/C16H23NO3S/c1-2-3-11-21-12-15(18)17-14(9-10-16(19)20)13-7-5-4-6-8-13/h4-8,14H,2-3,9-12H2,1H3,(H,17,18)(H,19,20). The van der Waals surface area contributed by atoms with Gasteiger partial charge in [0, 0.05) is 6.42 Å². The maximum atomic E-state index is 12.0. The fourth-order valence-corrected chi connectivity index (χ4v) is 2.83. The van der Waals surface area contributed by atoms with E-state index in [-0.39, 0.29) is 18.4 Å². The lowest BCUT2D eigenvalue weighted by Gasteiger charge is -2.18. The smallest absolute Gasteiger partial charge is 0.303 e. The maximum Gasteiger partial charge on any atom is 0.303 e. The number of aliphatic carboxylic acids is 1. The molecule has 0 fully saturated rings. The fraction of sp³-hybridized carbons (Fsp3) is 0.500. The Kier molecular flexibility index (Phi) is 8.59. The molecule has 1 atom stereocenters. The Bertz CT molecular complexity index is 436.